The van der Waals surface area contributed by atoms with E-state index in [1.165, 1.54) is 16.7 Å². The zero-order valence-corrected chi connectivity index (χ0v) is 16.4. The van der Waals surface area contributed by atoms with Crippen molar-refractivity contribution in [3.8, 4) is 0 Å². The number of hydrogen-bond donors (Lipinski definition) is 1. The van der Waals surface area contributed by atoms with Crippen molar-refractivity contribution < 1.29 is 9.90 Å². The molecule has 136 valence electrons. The molecular weight excluding hydrogens is 322 g/mol. The molecule has 0 spiro atoms. The molecule has 0 saturated carbocycles. The first-order valence-electron chi connectivity index (χ1n) is 9.08. The molecule has 3 rings (SSSR count). The number of nitrogens with zero attached hydrogens (tertiary/aromatic N) is 1. The van der Waals surface area contributed by atoms with Gasteiger partial charge in [0.1, 0.15) is 0 Å². The summed E-state index contributed by atoms with van der Waals surface area (Å²) in [7, 11) is 0. The molecule has 0 aromatic heterocycles. The van der Waals surface area contributed by atoms with Crippen LogP contribution in [0.25, 0.3) is 0 Å². The number of carbonyl (C=O) groups is 1. The van der Waals surface area contributed by atoms with Crippen molar-refractivity contribution >= 4 is 17.9 Å². The first kappa shape index (κ1) is 18.4. The highest BCUT2D eigenvalue weighted by Gasteiger charge is 2.48. The van der Waals surface area contributed by atoms with Gasteiger partial charge in [-0.1, -0.05) is 52.8 Å². The first-order valence-corrected chi connectivity index (χ1v) is 9.08. The van der Waals surface area contributed by atoms with E-state index in [0.717, 1.165) is 5.56 Å². The van der Waals surface area contributed by atoms with Gasteiger partial charge in [0.25, 0.3) is 0 Å². The second kappa shape index (κ2) is 6.08. The van der Waals surface area contributed by atoms with Gasteiger partial charge in [-0.05, 0) is 64.1 Å². The number of aryl methyl sites for hydroxylation is 1. The van der Waals surface area contributed by atoms with Crippen LogP contribution in [0, 0.1) is 12.8 Å². The molecule has 1 unspecified atom stereocenters. The lowest BCUT2D eigenvalue weighted by Crippen LogP contribution is -2.30. The van der Waals surface area contributed by atoms with Gasteiger partial charge in [-0.15, -0.1) is 0 Å². The Hall–Kier alpha value is -2.42. The first-order chi connectivity index (χ1) is 12.1. The highest BCUT2D eigenvalue weighted by Crippen LogP contribution is 2.53. The number of carboxylic acid groups (broad SMARTS) is 1. The quantitative estimate of drug-likeness (QED) is 0.728. The predicted molar refractivity (Wildman–Crippen MR) is 107 cm³/mol. The molecule has 2 aromatic carbocycles. The van der Waals surface area contributed by atoms with Crippen LogP contribution in [-0.4, -0.2) is 17.3 Å². The Kier molecular flexibility index (Phi) is 4.30. The van der Waals surface area contributed by atoms with Crippen LogP contribution < -0.4 is 0 Å². The Morgan fingerprint density at radius 1 is 1.08 bits per heavy atom. The minimum Gasteiger partial charge on any atom is -0.478 e. The second-order valence-electron chi connectivity index (χ2n) is 8.50. The fourth-order valence-electron chi connectivity index (χ4n) is 4.20. The summed E-state index contributed by atoms with van der Waals surface area (Å²) >= 11 is 0. The van der Waals surface area contributed by atoms with Gasteiger partial charge in [0.15, 0.2) is 0 Å². The van der Waals surface area contributed by atoms with E-state index in [2.05, 4.69) is 58.7 Å². The maximum Gasteiger partial charge on any atom is 0.337 e. The molecule has 0 aliphatic heterocycles. The van der Waals surface area contributed by atoms with Crippen LogP contribution in [0.3, 0.4) is 0 Å². The van der Waals surface area contributed by atoms with Crippen molar-refractivity contribution in [3.63, 3.8) is 0 Å². The highest BCUT2D eigenvalue weighted by atomic mass is 16.4. The third kappa shape index (κ3) is 2.76. The SMILES string of the molecule is Cc1cc2c(cc1C=Nc1ccccc1C(=O)O)C(C)(C)C(C)C2(C)C. The summed E-state index contributed by atoms with van der Waals surface area (Å²) in [6, 6.07) is 11.4. The summed E-state index contributed by atoms with van der Waals surface area (Å²) in [5.74, 6) is -0.426. The van der Waals surface area contributed by atoms with E-state index in [0.29, 0.717) is 11.6 Å². The Balaban J connectivity index is 2.08. The number of para-hydroxylation sites is 1. The normalized spacial score (nSPS) is 20.3. The molecule has 1 atom stereocenters. The van der Waals surface area contributed by atoms with Crippen molar-refractivity contribution in [1.29, 1.82) is 0 Å². The van der Waals surface area contributed by atoms with Crippen molar-refractivity contribution in [2.24, 2.45) is 10.9 Å². The zero-order valence-electron chi connectivity index (χ0n) is 16.4. The van der Waals surface area contributed by atoms with Crippen LogP contribution >= 0.6 is 0 Å². The lowest BCUT2D eigenvalue weighted by atomic mass is 9.71. The topological polar surface area (TPSA) is 49.7 Å². The fourth-order valence-corrected chi connectivity index (χ4v) is 4.20. The van der Waals surface area contributed by atoms with Gasteiger partial charge in [-0.3, -0.25) is 4.99 Å². The standard InChI is InChI=1S/C23H27NO2/c1-14-11-18-19(23(5,6)15(2)22(18,3)4)12-16(14)13-24-20-10-8-7-9-17(20)21(25)26/h7-13,15H,1-6H3,(H,25,26). The van der Waals surface area contributed by atoms with Gasteiger partial charge in [0.05, 0.1) is 11.3 Å². The summed E-state index contributed by atoms with van der Waals surface area (Å²) in [4.78, 5) is 15.9. The van der Waals surface area contributed by atoms with Crippen LogP contribution in [0.4, 0.5) is 5.69 Å². The molecule has 0 bridgehead atoms. The molecule has 0 amide bonds. The van der Waals surface area contributed by atoms with Gasteiger partial charge in [-0.2, -0.15) is 0 Å². The maximum absolute atomic E-state index is 11.4. The average molecular weight is 349 g/mol. The van der Waals surface area contributed by atoms with Gasteiger partial charge < -0.3 is 5.11 Å². The van der Waals surface area contributed by atoms with Gasteiger partial charge >= 0.3 is 5.97 Å². The number of benzene rings is 2. The summed E-state index contributed by atoms with van der Waals surface area (Å²) in [5, 5.41) is 9.33. The number of aliphatic imine (C=N–C) groups is 1. The fraction of sp³-hybridized carbons (Fsp3) is 0.391. The van der Waals surface area contributed by atoms with Gasteiger partial charge in [0.2, 0.25) is 0 Å². The molecule has 3 heteroatoms. The third-order valence-corrected chi connectivity index (χ3v) is 6.44. The van der Waals surface area contributed by atoms with Crippen molar-refractivity contribution in [2.45, 2.75) is 52.4 Å². The molecule has 26 heavy (non-hydrogen) atoms. The molecule has 0 radical (unpaired) electrons. The van der Waals surface area contributed by atoms with Crippen LogP contribution in [0.2, 0.25) is 0 Å². The van der Waals surface area contributed by atoms with E-state index in [1.807, 2.05) is 6.07 Å². The molecule has 0 heterocycles. The van der Waals surface area contributed by atoms with E-state index in [4.69, 9.17) is 0 Å². The summed E-state index contributed by atoms with van der Waals surface area (Å²) < 4.78 is 0. The van der Waals surface area contributed by atoms with Crippen LogP contribution in [0.15, 0.2) is 41.4 Å². The smallest absolute Gasteiger partial charge is 0.337 e. The minimum atomic E-state index is -0.958. The monoisotopic (exact) mass is 349 g/mol. The van der Waals surface area contributed by atoms with Gasteiger partial charge in [0, 0.05) is 6.21 Å². The van der Waals surface area contributed by atoms with Crippen molar-refractivity contribution in [2.75, 3.05) is 0 Å². The molecule has 1 N–H and O–H groups in total. The maximum atomic E-state index is 11.4. The van der Waals surface area contributed by atoms with Crippen LogP contribution in [0.5, 0.6) is 0 Å². The number of hydrogen-bond acceptors (Lipinski definition) is 2. The van der Waals surface area contributed by atoms with E-state index in [1.54, 1.807) is 24.4 Å². The predicted octanol–water partition coefficient (Wildman–Crippen LogP) is 5.65. The Bertz CT molecular complexity index is 906. The molecular formula is C23H27NO2. The number of rotatable bonds is 3. The van der Waals surface area contributed by atoms with E-state index in [9.17, 15) is 9.90 Å². The summed E-state index contributed by atoms with van der Waals surface area (Å²) in [5.41, 5.74) is 5.92. The van der Waals surface area contributed by atoms with Gasteiger partial charge in [-0.25, -0.2) is 4.79 Å². The highest BCUT2D eigenvalue weighted by molar-refractivity contribution is 5.95. The molecule has 1 aliphatic carbocycles. The molecule has 0 fully saturated rings. The lowest BCUT2D eigenvalue weighted by Gasteiger charge is -2.32. The van der Waals surface area contributed by atoms with Crippen molar-refractivity contribution in [1.82, 2.24) is 0 Å². The van der Waals surface area contributed by atoms with Crippen LogP contribution in [-0.2, 0) is 10.8 Å². The van der Waals surface area contributed by atoms with E-state index in [-0.39, 0.29) is 16.4 Å². The number of aromatic carboxylic acids is 1. The lowest BCUT2D eigenvalue weighted by molar-refractivity contribution is 0.0698. The largest absolute Gasteiger partial charge is 0.478 e. The van der Waals surface area contributed by atoms with Crippen LogP contribution in [0.1, 0.15) is 67.2 Å². The zero-order chi connectivity index (χ0) is 19.3. The Morgan fingerprint density at radius 3 is 2.27 bits per heavy atom. The number of fused-ring (bicyclic) bond motifs is 1. The Morgan fingerprint density at radius 2 is 1.65 bits per heavy atom. The van der Waals surface area contributed by atoms with E-state index < -0.39 is 5.97 Å². The number of carboxylic acids is 1. The average Bonchev–Trinajstić information content (AvgIpc) is 2.71. The third-order valence-electron chi connectivity index (χ3n) is 6.44. The molecule has 2 aromatic rings. The summed E-state index contributed by atoms with van der Waals surface area (Å²) in [6.07, 6.45) is 1.80. The summed E-state index contributed by atoms with van der Waals surface area (Å²) in [6.45, 7) is 13.7. The van der Waals surface area contributed by atoms with E-state index >= 15 is 0 Å². The minimum absolute atomic E-state index is 0.0914. The second-order valence-corrected chi connectivity index (χ2v) is 8.50. The molecule has 0 saturated heterocycles. The van der Waals surface area contributed by atoms with Crippen molar-refractivity contribution in [3.05, 3.63) is 64.2 Å². The molecule has 3 nitrogen and oxygen atoms in total. The molecule has 1 aliphatic rings. The Labute approximate surface area is 155 Å².